The highest BCUT2D eigenvalue weighted by atomic mass is 16.5. The third-order valence-electron chi connectivity index (χ3n) is 6.31. The average Bonchev–Trinajstić information content (AvgIpc) is 3.42. The molecule has 1 saturated carbocycles. The first-order valence-electron chi connectivity index (χ1n) is 10.9. The number of anilines is 1. The van der Waals surface area contributed by atoms with E-state index in [4.69, 9.17) is 9.15 Å². The molecular weight excluding hydrogens is 394 g/mol. The van der Waals surface area contributed by atoms with Crippen LogP contribution in [0.5, 0.6) is 5.75 Å². The minimum Gasteiger partial charge on any atom is -0.495 e. The van der Waals surface area contributed by atoms with Crippen LogP contribution in [0, 0.1) is 0 Å². The van der Waals surface area contributed by atoms with E-state index in [1.807, 2.05) is 46.0 Å². The van der Waals surface area contributed by atoms with Gasteiger partial charge in [-0.15, -0.1) is 10.2 Å². The molecule has 1 aromatic carbocycles. The molecule has 2 aromatic heterocycles. The Kier molecular flexibility index (Phi) is 5.36. The highest BCUT2D eigenvalue weighted by Gasteiger charge is 2.27. The van der Waals surface area contributed by atoms with E-state index in [9.17, 15) is 4.79 Å². The van der Waals surface area contributed by atoms with Crippen LogP contribution in [0.4, 0.5) is 5.69 Å². The van der Waals surface area contributed by atoms with Crippen molar-refractivity contribution < 1.29 is 13.9 Å². The van der Waals surface area contributed by atoms with Gasteiger partial charge in [-0.3, -0.25) is 4.79 Å². The summed E-state index contributed by atoms with van der Waals surface area (Å²) in [6.45, 7) is 3.18. The number of hydrogen-bond donors (Lipinski definition) is 0. The van der Waals surface area contributed by atoms with Crippen molar-refractivity contribution in [1.82, 2.24) is 19.7 Å². The molecule has 8 heteroatoms. The van der Waals surface area contributed by atoms with Gasteiger partial charge in [-0.1, -0.05) is 18.6 Å². The number of para-hydroxylation sites is 2. The third kappa shape index (κ3) is 3.89. The van der Waals surface area contributed by atoms with Crippen molar-refractivity contribution in [2.24, 2.45) is 0 Å². The summed E-state index contributed by atoms with van der Waals surface area (Å²) in [6.07, 6.45) is 5.34. The second-order valence-corrected chi connectivity index (χ2v) is 8.13. The van der Waals surface area contributed by atoms with E-state index in [1.54, 1.807) is 7.11 Å². The third-order valence-corrected chi connectivity index (χ3v) is 6.31. The number of benzene rings is 1. The summed E-state index contributed by atoms with van der Waals surface area (Å²) < 4.78 is 13.3. The predicted molar refractivity (Wildman–Crippen MR) is 116 cm³/mol. The SMILES string of the molecule is COc1ccccc1N1CCN(C(=O)Cn2cccc2-c2nnc(C3CCC3)o2)CC1. The van der Waals surface area contributed by atoms with Crippen LogP contribution in [0.2, 0.25) is 0 Å². The Morgan fingerprint density at radius 3 is 2.65 bits per heavy atom. The highest BCUT2D eigenvalue weighted by Crippen LogP contribution is 2.36. The van der Waals surface area contributed by atoms with E-state index in [-0.39, 0.29) is 12.5 Å². The molecule has 0 atom stereocenters. The largest absolute Gasteiger partial charge is 0.495 e. The molecule has 3 heterocycles. The van der Waals surface area contributed by atoms with Crippen LogP contribution < -0.4 is 9.64 Å². The molecule has 5 rings (SSSR count). The number of amides is 1. The standard InChI is InChI=1S/C23H27N5O3/c1-30-20-10-3-2-8-18(20)26-12-14-27(15-13-26)21(29)16-28-11-5-9-19(28)23-25-24-22(31-23)17-6-4-7-17/h2-3,5,8-11,17H,4,6-7,12-16H2,1H3. The number of nitrogens with zero attached hydrogens (tertiary/aromatic N) is 5. The first kappa shape index (κ1) is 19.7. The van der Waals surface area contributed by atoms with Gasteiger partial charge < -0.3 is 23.5 Å². The second kappa shape index (κ2) is 8.45. The molecular formula is C23H27N5O3. The Bertz CT molecular complexity index is 1050. The molecule has 1 saturated heterocycles. The van der Waals surface area contributed by atoms with Gasteiger partial charge in [0.05, 0.1) is 12.8 Å². The zero-order valence-electron chi connectivity index (χ0n) is 17.7. The normalized spacial score (nSPS) is 16.9. The van der Waals surface area contributed by atoms with Crippen molar-refractivity contribution in [2.75, 3.05) is 38.2 Å². The van der Waals surface area contributed by atoms with Crippen LogP contribution in [0.15, 0.2) is 47.0 Å². The minimum atomic E-state index is 0.0934. The van der Waals surface area contributed by atoms with Gasteiger partial charge in [0.25, 0.3) is 5.89 Å². The van der Waals surface area contributed by atoms with Crippen molar-refractivity contribution in [2.45, 2.75) is 31.7 Å². The topological polar surface area (TPSA) is 76.6 Å². The van der Waals surface area contributed by atoms with Crippen molar-refractivity contribution in [3.8, 4) is 17.3 Å². The molecule has 1 amide bonds. The van der Waals surface area contributed by atoms with Crippen molar-refractivity contribution in [3.05, 3.63) is 48.5 Å². The van der Waals surface area contributed by atoms with E-state index in [0.717, 1.165) is 43.1 Å². The van der Waals surface area contributed by atoms with E-state index in [0.29, 0.717) is 30.8 Å². The fourth-order valence-corrected chi connectivity index (χ4v) is 4.24. The smallest absolute Gasteiger partial charge is 0.264 e. The summed E-state index contributed by atoms with van der Waals surface area (Å²) in [6, 6.07) is 11.8. The first-order valence-corrected chi connectivity index (χ1v) is 10.9. The molecule has 8 nitrogen and oxygen atoms in total. The van der Waals surface area contributed by atoms with E-state index in [1.165, 1.54) is 6.42 Å². The number of carbonyl (C=O) groups is 1. The van der Waals surface area contributed by atoms with Crippen molar-refractivity contribution >= 4 is 11.6 Å². The summed E-state index contributed by atoms with van der Waals surface area (Å²) in [7, 11) is 1.69. The minimum absolute atomic E-state index is 0.0934. The molecule has 162 valence electrons. The Morgan fingerprint density at radius 2 is 1.90 bits per heavy atom. The van der Waals surface area contributed by atoms with E-state index in [2.05, 4.69) is 21.2 Å². The maximum Gasteiger partial charge on any atom is 0.264 e. The molecule has 0 unspecified atom stereocenters. The monoisotopic (exact) mass is 421 g/mol. The van der Waals surface area contributed by atoms with Crippen LogP contribution in [0.25, 0.3) is 11.6 Å². The van der Waals surface area contributed by atoms with Crippen LogP contribution in [-0.2, 0) is 11.3 Å². The molecule has 0 N–H and O–H groups in total. The summed E-state index contributed by atoms with van der Waals surface area (Å²) >= 11 is 0. The van der Waals surface area contributed by atoms with E-state index >= 15 is 0 Å². The molecule has 0 bridgehead atoms. The number of aromatic nitrogens is 3. The molecule has 1 aliphatic heterocycles. The summed E-state index contributed by atoms with van der Waals surface area (Å²) in [5.74, 6) is 2.55. The average molecular weight is 422 g/mol. The highest BCUT2D eigenvalue weighted by molar-refractivity contribution is 5.77. The maximum absolute atomic E-state index is 13.0. The zero-order valence-corrected chi connectivity index (χ0v) is 17.7. The number of rotatable bonds is 6. The van der Waals surface area contributed by atoms with Gasteiger partial charge in [-0.05, 0) is 37.1 Å². The van der Waals surface area contributed by atoms with Gasteiger partial charge in [0.2, 0.25) is 11.8 Å². The van der Waals surface area contributed by atoms with Crippen molar-refractivity contribution in [3.63, 3.8) is 0 Å². The Morgan fingerprint density at radius 1 is 1.10 bits per heavy atom. The molecule has 3 aromatic rings. The summed E-state index contributed by atoms with van der Waals surface area (Å²) in [4.78, 5) is 17.2. The molecule has 1 aliphatic carbocycles. The van der Waals surface area contributed by atoms with Gasteiger partial charge in [-0.2, -0.15) is 0 Å². The molecule has 31 heavy (non-hydrogen) atoms. The molecule has 2 aliphatic rings. The fraction of sp³-hybridized carbons (Fsp3) is 0.435. The van der Waals surface area contributed by atoms with Crippen LogP contribution in [0.1, 0.15) is 31.1 Å². The van der Waals surface area contributed by atoms with Gasteiger partial charge in [0, 0.05) is 38.3 Å². The lowest BCUT2D eigenvalue weighted by Gasteiger charge is -2.36. The molecule has 2 fully saturated rings. The van der Waals surface area contributed by atoms with Crippen LogP contribution in [0.3, 0.4) is 0 Å². The van der Waals surface area contributed by atoms with Crippen molar-refractivity contribution in [1.29, 1.82) is 0 Å². The van der Waals surface area contributed by atoms with Gasteiger partial charge in [0.1, 0.15) is 18.0 Å². The first-order chi connectivity index (χ1) is 15.2. The van der Waals surface area contributed by atoms with Crippen LogP contribution in [-0.4, -0.2) is 58.9 Å². The lowest BCUT2D eigenvalue weighted by atomic mass is 9.85. The Hall–Kier alpha value is -3.29. The zero-order chi connectivity index (χ0) is 21.2. The molecule has 0 radical (unpaired) electrons. The fourth-order valence-electron chi connectivity index (χ4n) is 4.24. The van der Waals surface area contributed by atoms with Gasteiger partial charge >= 0.3 is 0 Å². The number of carbonyl (C=O) groups excluding carboxylic acids is 1. The summed E-state index contributed by atoms with van der Waals surface area (Å²) in [5, 5.41) is 8.44. The van der Waals surface area contributed by atoms with Gasteiger partial charge in [0.15, 0.2) is 0 Å². The lowest BCUT2D eigenvalue weighted by Crippen LogP contribution is -2.49. The Labute approximate surface area is 181 Å². The van der Waals surface area contributed by atoms with Gasteiger partial charge in [-0.25, -0.2) is 0 Å². The predicted octanol–water partition coefficient (Wildman–Crippen LogP) is 3.16. The summed E-state index contributed by atoms with van der Waals surface area (Å²) in [5.41, 5.74) is 1.86. The Balaban J connectivity index is 1.22. The number of piperazine rings is 1. The quantitative estimate of drug-likeness (QED) is 0.609. The lowest BCUT2D eigenvalue weighted by molar-refractivity contribution is -0.132. The maximum atomic E-state index is 13.0. The number of ether oxygens (including phenoxy) is 1. The number of hydrogen-bond acceptors (Lipinski definition) is 6. The second-order valence-electron chi connectivity index (χ2n) is 8.13. The van der Waals surface area contributed by atoms with Crippen LogP contribution >= 0.6 is 0 Å². The number of methoxy groups -OCH3 is 1. The van der Waals surface area contributed by atoms with E-state index < -0.39 is 0 Å². The molecule has 0 spiro atoms.